The quantitative estimate of drug-likeness (QED) is 0.214. The van der Waals surface area contributed by atoms with Gasteiger partial charge >= 0.3 is 0 Å². The lowest BCUT2D eigenvalue weighted by Gasteiger charge is -2.05. The number of hydrogen-bond acceptors (Lipinski definition) is 4. The van der Waals surface area contributed by atoms with Gasteiger partial charge in [0, 0.05) is 11.5 Å². The molecule has 0 radical (unpaired) electrons. The van der Waals surface area contributed by atoms with Gasteiger partial charge in [0.05, 0.1) is 0 Å². The Kier molecular flexibility index (Phi) is 23.6. The van der Waals surface area contributed by atoms with Crippen molar-refractivity contribution in [3.8, 4) is 0 Å². The molecule has 5 heteroatoms. The second kappa shape index (κ2) is 22.8. The predicted octanol–water partition coefficient (Wildman–Crippen LogP) is 3.89. The molecule has 0 amide bonds. The van der Waals surface area contributed by atoms with Crippen LogP contribution in [0.5, 0.6) is 0 Å². The van der Waals surface area contributed by atoms with E-state index in [4.69, 9.17) is 9.99 Å². The van der Waals surface area contributed by atoms with Crippen LogP contribution in [0.2, 0.25) is 0 Å². The summed E-state index contributed by atoms with van der Waals surface area (Å²) in [4.78, 5) is 9.36. The Hall–Kier alpha value is -1.46. The van der Waals surface area contributed by atoms with Gasteiger partial charge < -0.3 is 15.7 Å². The molecule has 0 aromatic carbocycles. The van der Waals surface area contributed by atoms with Gasteiger partial charge in [-0.2, -0.15) is 6.26 Å². The molecule has 0 aliphatic heterocycles. The van der Waals surface area contributed by atoms with E-state index in [0.29, 0.717) is 12.0 Å². The molecule has 5 nitrogen and oxygen atoms in total. The Morgan fingerprint density at radius 1 is 0.957 bits per heavy atom. The van der Waals surface area contributed by atoms with E-state index >= 15 is 0 Å². The van der Waals surface area contributed by atoms with Gasteiger partial charge in [0.2, 0.25) is 0 Å². The lowest BCUT2D eigenvalue weighted by atomic mass is 10.1. The number of allylic oxidation sites excluding steroid dienone is 1. The molecule has 136 valence electrons. The molecule has 0 aromatic rings. The maximum atomic E-state index is 8.69. The largest absolute Gasteiger partial charge is 0.878 e. The zero-order chi connectivity index (χ0) is 17.6. The molecule has 0 heterocycles. The van der Waals surface area contributed by atoms with Gasteiger partial charge in [-0.3, -0.25) is 4.89 Å². The summed E-state index contributed by atoms with van der Waals surface area (Å²) in [6.45, 7) is 8.41. The number of rotatable bonds is 15. The average molecular weight is 329 g/mol. The van der Waals surface area contributed by atoms with Crippen molar-refractivity contribution in [1.82, 2.24) is 0 Å². The van der Waals surface area contributed by atoms with E-state index < -0.39 is 0 Å². The highest BCUT2D eigenvalue weighted by Crippen LogP contribution is 2.14. The first-order valence-corrected chi connectivity index (χ1v) is 8.58. The summed E-state index contributed by atoms with van der Waals surface area (Å²) < 4.78 is 0. The first-order valence-electron chi connectivity index (χ1n) is 8.58. The molecule has 0 spiro atoms. The summed E-state index contributed by atoms with van der Waals surface area (Å²) in [6, 6.07) is 0. The zero-order valence-corrected chi connectivity index (χ0v) is 14.8. The van der Waals surface area contributed by atoms with Crippen LogP contribution in [0.3, 0.4) is 0 Å². The molecule has 23 heavy (non-hydrogen) atoms. The predicted molar refractivity (Wildman–Crippen MR) is 91.1 cm³/mol. The standard InChI is InChI=1S/C16H31NO3.C2H4O/c1-3-5-6-7-8-9-10-11-12-13-14-16(15-17)19-20-18-4-2;1-2-3/h4,15H,2-3,5-14,17H2,1H3;2-3H,1H2/b16-15+;. The zero-order valence-electron chi connectivity index (χ0n) is 14.8. The van der Waals surface area contributed by atoms with E-state index in [1.807, 2.05) is 0 Å². The van der Waals surface area contributed by atoms with E-state index in [2.05, 4.69) is 35.7 Å². The second-order valence-electron chi connectivity index (χ2n) is 5.18. The van der Waals surface area contributed by atoms with Gasteiger partial charge in [0.1, 0.15) is 12.5 Å². The maximum Gasteiger partial charge on any atom is 0.199 e. The van der Waals surface area contributed by atoms with E-state index in [0.717, 1.165) is 12.8 Å². The van der Waals surface area contributed by atoms with Crippen molar-refractivity contribution in [1.29, 1.82) is 0 Å². The van der Waals surface area contributed by atoms with Crippen LogP contribution >= 0.6 is 0 Å². The fourth-order valence-corrected chi connectivity index (χ4v) is 2.06. The van der Waals surface area contributed by atoms with E-state index in [1.54, 1.807) is 6.20 Å². The van der Waals surface area contributed by atoms with Crippen molar-refractivity contribution < 1.29 is 25.7 Å². The van der Waals surface area contributed by atoms with E-state index in [-0.39, 0.29) is 0 Å². The maximum absolute atomic E-state index is 8.69. The van der Waals surface area contributed by atoms with Crippen LogP contribution in [-0.2, 0) is 14.8 Å². The highest BCUT2D eigenvalue weighted by Gasteiger charge is 2.02. The van der Waals surface area contributed by atoms with Gasteiger partial charge in [-0.25, -0.2) is 0 Å². The Morgan fingerprint density at radius 2 is 1.43 bits per heavy atom. The molecular formula is C18H35NO4. The summed E-state index contributed by atoms with van der Waals surface area (Å²) in [5.74, 6) is 0.700. The van der Waals surface area contributed by atoms with Crippen molar-refractivity contribution in [3.05, 3.63) is 37.6 Å². The number of hydrogen-bond donors (Lipinski definition) is 1. The van der Waals surface area contributed by atoms with Gasteiger partial charge in [0.15, 0.2) is 5.76 Å². The Balaban J connectivity index is 0. The van der Waals surface area contributed by atoms with Crippen molar-refractivity contribution >= 4 is 0 Å². The number of unbranched alkanes of at least 4 members (excludes halogenated alkanes) is 9. The third kappa shape index (κ3) is 22.9. The molecular weight excluding hydrogens is 294 g/mol. The van der Waals surface area contributed by atoms with Crippen molar-refractivity contribution in [2.24, 2.45) is 0 Å². The van der Waals surface area contributed by atoms with Crippen molar-refractivity contribution in [3.63, 3.8) is 0 Å². The summed E-state index contributed by atoms with van der Waals surface area (Å²) in [6.07, 6.45) is 17.4. The molecule has 0 unspecified atom stereocenters. The topological polar surface area (TPSA) is 78.4 Å². The molecule has 0 aromatic heterocycles. The Bertz CT molecular complexity index is 280. The normalized spacial score (nSPS) is 10.4. The van der Waals surface area contributed by atoms with Gasteiger partial charge in [0.25, 0.3) is 0 Å². The Labute approximate surface area is 141 Å². The molecule has 3 N–H and O–H groups in total. The molecule has 0 aliphatic rings. The first-order chi connectivity index (χ1) is 11.3. The molecule has 0 saturated carbocycles. The van der Waals surface area contributed by atoms with Crippen LogP contribution < -0.4 is 10.8 Å². The summed E-state index contributed by atoms with van der Waals surface area (Å²) in [5.41, 5.74) is 3.68. The molecule has 0 rings (SSSR count). The molecule has 0 atom stereocenters. The first kappa shape index (κ1) is 23.8. The van der Waals surface area contributed by atoms with Gasteiger partial charge in [-0.15, -0.1) is 6.58 Å². The third-order valence-electron chi connectivity index (χ3n) is 3.25. The monoisotopic (exact) mass is 329 g/mol. The van der Waals surface area contributed by atoms with Crippen LogP contribution in [-0.4, -0.2) is 0 Å². The summed E-state index contributed by atoms with van der Waals surface area (Å²) in [5, 5.41) is 13.1. The Morgan fingerprint density at radius 3 is 1.87 bits per heavy atom. The van der Waals surface area contributed by atoms with Crippen molar-refractivity contribution in [2.45, 2.75) is 77.6 Å². The highest BCUT2D eigenvalue weighted by atomic mass is 17.5. The van der Waals surface area contributed by atoms with Gasteiger partial charge in [-0.05, 0) is 6.42 Å². The molecule has 0 aliphatic carbocycles. The number of quaternary nitrogens is 1. The SMILES string of the molecule is C=COOO/C(=C/[NH3+])CCCCCCCCCCCC.C=C[O-]. The minimum absolute atomic E-state index is 0.500. The lowest BCUT2D eigenvalue weighted by Crippen LogP contribution is -2.40. The third-order valence-corrected chi connectivity index (χ3v) is 3.25. The van der Waals surface area contributed by atoms with Crippen LogP contribution in [0.1, 0.15) is 77.6 Å². The lowest BCUT2D eigenvalue weighted by molar-refractivity contribution is -0.475. The van der Waals surface area contributed by atoms with E-state index in [1.165, 1.54) is 64.0 Å². The van der Waals surface area contributed by atoms with Crippen molar-refractivity contribution in [2.75, 3.05) is 0 Å². The summed E-state index contributed by atoms with van der Waals surface area (Å²) >= 11 is 0. The van der Waals surface area contributed by atoms with E-state index in [9.17, 15) is 0 Å². The fraction of sp³-hybridized carbons (Fsp3) is 0.667. The van der Waals surface area contributed by atoms with Crippen LogP contribution in [0.15, 0.2) is 37.6 Å². The smallest absolute Gasteiger partial charge is 0.199 e. The van der Waals surface area contributed by atoms with Crippen LogP contribution in [0, 0.1) is 0 Å². The minimum Gasteiger partial charge on any atom is -0.878 e. The molecule has 0 saturated heterocycles. The average Bonchev–Trinajstić information content (AvgIpc) is 2.55. The van der Waals surface area contributed by atoms with Gasteiger partial charge in [-0.1, -0.05) is 71.3 Å². The second-order valence-corrected chi connectivity index (χ2v) is 5.18. The molecule has 0 fully saturated rings. The van der Waals surface area contributed by atoms with Crippen LogP contribution in [0.25, 0.3) is 0 Å². The molecule has 0 bridgehead atoms. The minimum atomic E-state index is 0.500. The van der Waals surface area contributed by atoms with Crippen LogP contribution in [0.4, 0.5) is 0 Å². The highest BCUT2D eigenvalue weighted by molar-refractivity contribution is 4.83. The fourth-order valence-electron chi connectivity index (χ4n) is 2.06. The summed E-state index contributed by atoms with van der Waals surface area (Å²) in [7, 11) is 0.